The van der Waals surface area contributed by atoms with E-state index in [0.717, 1.165) is 10.5 Å². The van der Waals surface area contributed by atoms with Crippen molar-refractivity contribution < 1.29 is 27.0 Å². The number of rotatable bonds is 8. The number of halogens is 1. The SMILES string of the molecule is Cn1cc(CN2C(=O)C3=CC(S(=O)(=O)NC4(CF)CC4)C=CC3=[N+](Cc3cnn(C)c3)C2=O)cn1. The molecule has 1 atom stereocenters. The average Bonchev–Trinajstić information content (AvgIpc) is 3.26. The Bertz CT molecular complexity index is 1410. The number of carbonyl (C=O) groups excluding carboxylic acids is 2. The standard InChI is InChI=1S/C22H25FN7O4S/c1-27-10-15(8-24-27)12-29-19-4-3-17(35(33,34)26-22(14-23)5-6-22)7-18(19)20(31)30(21(29)32)13-16-9-25-28(2)11-16/h3-4,7-11,17,26H,5-6,12-14H2,1-2H3/q+1. The molecule has 184 valence electrons. The van der Waals surface area contributed by atoms with Crippen molar-refractivity contribution in [1.29, 1.82) is 0 Å². The van der Waals surface area contributed by atoms with Gasteiger partial charge in [-0.2, -0.15) is 24.5 Å². The normalized spacial score (nSPS) is 21.4. The van der Waals surface area contributed by atoms with Crippen LogP contribution in [-0.2, 0) is 42.0 Å². The second-order valence-electron chi connectivity index (χ2n) is 9.15. The molecule has 1 fully saturated rings. The number of nitrogens with one attached hydrogen (secondary N) is 1. The number of allylic oxidation sites excluding steroid dienone is 1. The second-order valence-corrected chi connectivity index (χ2v) is 11.0. The molecule has 0 spiro atoms. The van der Waals surface area contributed by atoms with Crippen LogP contribution in [0.25, 0.3) is 0 Å². The first-order valence-corrected chi connectivity index (χ1v) is 12.6. The third kappa shape index (κ3) is 4.36. The van der Waals surface area contributed by atoms with Gasteiger partial charge < -0.3 is 0 Å². The molecular formula is C22H25FN7O4S+. The lowest BCUT2D eigenvalue weighted by Gasteiger charge is -2.26. The molecule has 5 rings (SSSR count). The van der Waals surface area contributed by atoms with Gasteiger partial charge in [0.05, 0.1) is 17.9 Å². The van der Waals surface area contributed by atoms with Crippen molar-refractivity contribution in [1.82, 2.24) is 29.2 Å². The number of aromatic nitrogens is 4. The van der Waals surface area contributed by atoms with E-state index >= 15 is 0 Å². The maximum absolute atomic E-state index is 13.4. The number of amides is 3. The number of hydrogen-bond acceptors (Lipinski definition) is 6. The number of aryl methyl sites for hydroxylation is 2. The van der Waals surface area contributed by atoms with Gasteiger partial charge in [-0.3, -0.25) is 9.36 Å². The molecule has 0 bridgehead atoms. The Morgan fingerprint density at radius 1 is 1.14 bits per heavy atom. The minimum Gasteiger partial charge on any atom is -0.275 e. The lowest BCUT2D eigenvalue weighted by atomic mass is 9.99. The van der Waals surface area contributed by atoms with Crippen LogP contribution in [-0.4, -0.2) is 72.6 Å². The van der Waals surface area contributed by atoms with Crippen LogP contribution in [0.3, 0.4) is 0 Å². The molecule has 3 heterocycles. The van der Waals surface area contributed by atoms with Gasteiger partial charge in [-0.1, -0.05) is 6.08 Å². The van der Waals surface area contributed by atoms with Gasteiger partial charge in [0.25, 0.3) is 0 Å². The minimum atomic E-state index is -3.99. The van der Waals surface area contributed by atoms with E-state index in [1.807, 2.05) is 0 Å². The molecular weight excluding hydrogens is 477 g/mol. The van der Waals surface area contributed by atoms with E-state index in [9.17, 15) is 22.4 Å². The number of fused-ring (bicyclic) bond motifs is 1. The summed E-state index contributed by atoms with van der Waals surface area (Å²) >= 11 is 0. The van der Waals surface area contributed by atoms with Gasteiger partial charge in [0.2, 0.25) is 10.0 Å². The first kappa shape index (κ1) is 23.3. The molecule has 1 saturated carbocycles. The Balaban J connectivity index is 1.53. The minimum absolute atomic E-state index is 0.0238. The molecule has 35 heavy (non-hydrogen) atoms. The van der Waals surface area contributed by atoms with Crippen LogP contribution in [0.5, 0.6) is 0 Å². The van der Waals surface area contributed by atoms with E-state index in [-0.39, 0.29) is 18.7 Å². The Morgan fingerprint density at radius 2 is 1.80 bits per heavy atom. The molecule has 0 saturated heterocycles. The lowest BCUT2D eigenvalue weighted by Crippen LogP contribution is -2.51. The van der Waals surface area contributed by atoms with Crippen molar-refractivity contribution in [2.24, 2.45) is 14.1 Å². The molecule has 13 heteroatoms. The van der Waals surface area contributed by atoms with Crippen molar-refractivity contribution in [3.63, 3.8) is 0 Å². The predicted octanol–water partition coefficient (Wildman–Crippen LogP) is 0.556. The highest BCUT2D eigenvalue weighted by molar-refractivity contribution is 7.90. The van der Waals surface area contributed by atoms with E-state index in [4.69, 9.17) is 0 Å². The average molecular weight is 503 g/mol. The van der Waals surface area contributed by atoms with Crippen LogP contribution in [0.1, 0.15) is 24.0 Å². The molecule has 0 aromatic carbocycles. The Morgan fingerprint density at radius 3 is 2.37 bits per heavy atom. The van der Waals surface area contributed by atoms with Gasteiger partial charge in [0, 0.05) is 37.6 Å². The lowest BCUT2D eigenvalue weighted by molar-refractivity contribution is -0.453. The second kappa shape index (κ2) is 8.34. The van der Waals surface area contributed by atoms with Crippen molar-refractivity contribution >= 4 is 27.7 Å². The van der Waals surface area contributed by atoms with E-state index < -0.39 is 39.4 Å². The maximum atomic E-state index is 13.4. The highest BCUT2D eigenvalue weighted by Crippen LogP contribution is 2.37. The molecule has 0 radical (unpaired) electrons. The summed E-state index contributed by atoms with van der Waals surface area (Å²) in [6.07, 6.45) is 11.7. The summed E-state index contributed by atoms with van der Waals surface area (Å²) in [4.78, 5) is 28.0. The Kier molecular flexibility index (Phi) is 5.55. The van der Waals surface area contributed by atoms with E-state index in [2.05, 4.69) is 14.9 Å². The van der Waals surface area contributed by atoms with Gasteiger partial charge in [0.1, 0.15) is 36.3 Å². The first-order valence-electron chi connectivity index (χ1n) is 11.1. The number of sulfonamides is 1. The summed E-state index contributed by atoms with van der Waals surface area (Å²) in [6, 6.07) is -0.534. The topological polar surface area (TPSA) is 122 Å². The van der Waals surface area contributed by atoms with Gasteiger partial charge in [-0.25, -0.2) is 22.3 Å². The number of carbonyl (C=O) groups is 2. The monoisotopic (exact) mass is 502 g/mol. The molecule has 2 aromatic rings. The zero-order chi connectivity index (χ0) is 25.0. The van der Waals surface area contributed by atoms with Crippen LogP contribution >= 0.6 is 0 Å². The van der Waals surface area contributed by atoms with E-state index in [1.165, 1.54) is 22.8 Å². The molecule has 3 amide bonds. The zero-order valence-corrected chi connectivity index (χ0v) is 20.1. The van der Waals surface area contributed by atoms with Crippen LogP contribution in [0.2, 0.25) is 0 Å². The number of urea groups is 1. The van der Waals surface area contributed by atoms with Crippen molar-refractivity contribution in [3.05, 3.63) is 59.7 Å². The molecule has 11 nitrogen and oxygen atoms in total. The third-order valence-electron chi connectivity index (χ3n) is 6.30. The van der Waals surface area contributed by atoms with Crippen LogP contribution in [0, 0.1) is 0 Å². The van der Waals surface area contributed by atoms with Crippen molar-refractivity contribution in [2.75, 3.05) is 6.67 Å². The fourth-order valence-electron chi connectivity index (χ4n) is 4.22. The summed E-state index contributed by atoms with van der Waals surface area (Å²) in [5, 5.41) is 7.05. The number of hydrogen-bond donors (Lipinski definition) is 1. The van der Waals surface area contributed by atoms with Crippen LogP contribution in [0.15, 0.2) is 48.6 Å². The predicted molar refractivity (Wildman–Crippen MR) is 122 cm³/mol. The molecule has 2 aliphatic carbocycles. The summed E-state index contributed by atoms with van der Waals surface area (Å²) in [5.74, 6) is -0.604. The highest BCUT2D eigenvalue weighted by Gasteiger charge is 2.49. The van der Waals surface area contributed by atoms with E-state index in [1.54, 1.807) is 48.2 Å². The van der Waals surface area contributed by atoms with Gasteiger partial charge in [-0.15, -0.1) is 0 Å². The summed E-state index contributed by atoms with van der Waals surface area (Å²) in [6.45, 7) is -0.674. The fourth-order valence-corrected chi connectivity index (χ4v) is 5.82. The maximum Gasteiger partial charge on any atom is 0.502 e. The Hall–Kier alpha value is -3.45. The number of nitrogens with zero attached hydrogens (tertiary/aromatic N) is 6. The van der Waals surface area contributed by atoms with Crippen molar-refractivity contribution in [3.8, 4) is 0 Å². The molecule has 1 unspecified atom stereocenters. The highest BCUT2D eigenvalue weighted by atomic mass is 32.2. The van der Waals surface area contributed by atoms with Crippen LogP contribution < -0.4 is 4.72 Å². The molecule has 1 aliphatic heterocycles. The first-order chi connectivity index (χ1) is 16.6. The van der Waals surface area contributed by atoms with Gasteiger partial charge in [0.15, 0.2) is 0 Å². The third-order valence-corrected chi connectivity index (χ3v) is 8.03. The van der Waals surface area contributed by atoms with Crippen molar-refractivity contribution in [2.45, 2.75) is 36.7 Å². The Labute approximate surface area is 201 Å². The van der Waals surface area contributed by atoms with Crippen LogP contribution in [0.4, 0.5) is 9.18 Å². The molecule has 3 aliphatic rings. The van der Waals surface area contributed by atoms with Gasteiger partial charge >= 0.3 is 11.9 Å². The van der Waals surface area contributed by atoms with Gasteiger partial charge in [-0.05, 0) is 25.0 Å². The largest absolute Gasteiger partial charge is 0.502 e. The fraction of sp³-hybridized carbons (Fsp3) is 0.409. The quantitative estimate of drug-likeness (QED) is 0.527. The molecule has 1 N–H and O–H groups in total. The molecule has 2 aromatic heterocycles. The number of alkyl halides is 1. The summed E-state index contributed by atoms with van der Waals surface area (Å²) in [7, 11) is -0.509. The smallest absolute Gasteiger partial charge is 0.275 e. The zero-order valence-electron chi connectivity index (χ0n) is 19.3. The van der Waals surface area contributed by atoms with E-state index in [0.29, 0.717) is 24.1 Å². The summed E-state index contributed by atoms with van der Waals surface area (Å²) < 4.78 is 46.4. The summed E-state index contributed by atoms with van der Waals surface area (Å²) in [5.41, 5.74) is 0.743. The number of imide groups is 1.